The zero-order valence-electron chi connectivity index (χ0n) is 16.9. The first-order chi connectivity index (χ1) is 12.6. The summed E-state index contributed by atoms with van der Waals surface area (Å²) in [7, 11) is 1.37. The van der Waals surface area contributed by atoms with Crippen LogP contribution in [0.15, 0.2) is 30.3 Å². The topological polar surface area (TPSA) is 59.5 Å². The van der Waals surface area contributed by atoms with Gasteiger partial charge in [0, 0.05) is 18.5 Å². The van der Waals surface area contributed by atoms with Crippen molar-refractivity contribution in [2.24, 2.45) is 5.92 Å². The molecular weight excluding hydrogens is 360 g/mol. The van der Waals surface area contributed by atoms with Crippen LogP contribution in [0.1, 0.15) is 53.6 Å². The summed E-state index contributed by atoms with van der Waals surface area (Å²) >= 11 is 1.44. The second-order valence-electron chi connectivity index (χ2n) is 7.78. The molecule has 1 unspecified atom stereocenters. The van der Waals surface area contributed by atoms with Crippen LogP contribution in [0, 0.1) is 12.8 Å². The van der Waals surface area contributed by atoms with Crippen LogP contribution in [0.3, 0.4) is 0 Å². The fourth-order valence-corrected chi connectivity index (χ4v) is 3.78. The highest BCUT2D eigenvalue weighted by molar-refractivity contribution is 7.14. The predicted molar refractivity (Wildman–Crippen MR) is 108 cm³/mol. The molecule has 1 amide bonds. The van der Waals surface area contributed by atoms with E-state index in [9.17, 15) is 9.59 Å². The molecule has 0 N–H and O–H groups in total. The van der Waals surface area contributed by atoms with Crippen molar-refractivity contribution in [3.05, 3.63) is 51.5 Å². The van der Waals surface area contributed by atoms with Crippen molar-refractivity contribution in [2.75, 3.05) is 13.7 Å². The maximum absolute atomic E-state index is 13.3. The average Bonchev–Trinajstić information content (AvgIpc) is 3.02. The van der Waals surface area contributed by atoms with Gasteiger partial charge < -0.3 is 9.64 Å². The molecule has 2 rings (SSSR count). The molecule has 0 aliphatic heterocycles. The highest BCUT2D eigenvalue weighted by atomic mass is 32.1. The standard InChI is InChI=1S/C21H28N2O3S/c1-14(19(25)26-6)12-23(13-16-10-8-7-9-11-16)18(24)17-15(2)22-20(27-17)21(3,4)5/h7-11,14H,12-13H2,1-6H3. The van der Waals surface area contributed by atoms with Crippen molar-refractivity contribution in [3.8, 4) is 0 Å². The zero-order chi connectivity index (χ0) is 20.2. The number of esters is 1. The van der Waals surface area contributed by atoms with Crippen LogP contribution in [0.4, 0.5) is 0 Å². The molecule has 1 heterocycles. The van der Waals surface area contributed by atoms with Gasteiger partial charge in [-0.3, -0.25) is 9.59 Å². The number of methoxy groups -OCH3 is 1. The number of rotatable bonds is 6. The fraction of sp³-hybridized carbons (Fsp3) is 0.476. The lowest BCUT2D eigenvalue weighted by Crippen LogP contribution is -2.36. The quantitative estimate of drug-likeness (QED) is 0.696. The van der Waals surface area contributed by atoms with Gasteiger partial charge in [0.2, 0.25) is 0 Å². The van der Waals surface area contributed by atoms with Crippen molar-refractivity contribution < 1.29 is 14.3 Å². The lowest BCUT2D eigenvalue weighted by Gasteiger charge is -2.25. The third-order valence-corrected chi connectivity index (χ3v) is 5.80. The van der Waals surface area contributed by atoms with E-state index in [2.05, 4.69) is 25.8 Å². The van der Waals surface area contributed by atoms with E-state index < -0.39 is 5.92 Å². The normalized spacial score (nSPS) is 12.5. The highest BCUT2D eigenvalue weighted by Crippen LogP contribution is 2.30. The number of amides is 1. The summed E-state index contributed by atoms with van der Waals surface area (Å²) < 4.78 is 4.83. The van der Waals surface area contributed by atoms with Gasteiger partial charge in [-0.05, 0) is 12.5 Å². The molecule has 0 bridgehead atoms. The van der Waals surface area contributed by atoms with Crippen LogP contribution in [-0.4, -0.2) is 35.4 Å². The zero-order valence-corrected chi connectivity index (χ0v) is 17.7. The van der Waals surface area contributed by atoms with Gasteiger partial charge in [0.25, 0.3) is 5.91 Å². The number of aromatic nitrogens is 1. The van der Waals surface area contributed by atoms with Gasteiger partial charge in [0.05, 0.1) is 23.7 Å². The second kappa shape index (κ2) is 8.65. The Morgan fingerprint density at radius 3 is 2.37 bits per heavy atom. The number of thiazole rings is 1. The van der Waals surface area contributed by atoms with Crippen LogP contribution in [0.2, 0.25) is 0 Å². The molecule has 1 atom stereocenters. The summed E-state index contributed by atoms with van der Waals surface area (Å²) in [6.45, 7) is 10.6. The monoisotopic (exact) mass is 388 g/mol. The van der Waals surface area contributed by atoms with E-state index in [-0.39, 0.29) is 17.3 Å². The first-order valence-corrected chi connectivity index (χ1v) is 9.84. The van der Waals surface area contributed by atoms with Gasteiger partial charge in [-0.2, -0.15) is 0 Å². The number of benzene rings is 1. The lowest BCUT2D eigenvalue weighted by atomic mass is 9.98. The van der Waals surface area contributed by atoms with E-state index in [1.54, 1.807) is 11.8 Å². The van der Waals surface area contributed by atoms with Crippen molar-refractivity contribution >= 4 is 23.2 Å². The molecule has 0 spiro atoms. The maximum atomic E-state index is 13.3. The summed E-state index contributed by atoms with van der Waals surface area (Å²) in [6.07, 6.45) is 0. The number of hydrogen-bond acceptors (Lipinski definition) is 5. The van der Waals surface area contributed by atoms with Gasteiger partial charge in [-0.25, -0.2) is 4.98 Å². The molecule has 27 heavy (non-hydrogen) atoms. The Kier molecular flexibility index (Phi) is 6.76. The number of hydrogen-bond donors (Lipinski definition) is 0. The van der Waals surface area contributed by atoms with Crippen LogP contribution in [0.25, 0.3) is 0 Å². The van der Waals surface area contributed by atoms with Crippen LogP contribution >= 0.6 is 11.3 Å². The summed E-state index contributed by atoms with van der Waals surface area (Å²) in [5.74, 6) is -0.824. The second-order valence-corrected chi connectivity index (χ2v) is 8.78. The number of nitrogens with zero attached hydrogens (tertiary/aromatic N) is 2. The molecule has 6 heteroatoms. The maximum Gasteiger partial charge on any atom is 0.310 e. The lowest BCUT2D eigenvalue weighted by molar-refractivity contribution is -0.145. The van der Waals surface area contributed by atoms with E-state index in [1.165, 1.54) is 18.4 Å². The van der Waals surface area contributed by atoms with Crippen molar-refractivity contribution in [1.29, 1.82) is 0 Å². The van der Waals surface area contributed by atoms with Gasteiger partial charge in [0.15, 0.2) is 0 Å². The Bertz CT molecular complexity index is 794. The Balaban J connectivity index is 2.32. The number of ether oxygens (including phenoxy) is 1. The molecule has 0 saturated carbocycles. The Morgan fingerprint density at radius 2 is 1.85 bits per heavy atom. The van der Waals surface area contributed by atoms with E-state index in [0.717, 1.165) is 16.3 Å². The van der Waals surface area contributed by atoms with Crippen LogP contribution in [0.5, 0.6) is 0 Å². The van der Waals surface area contributed by atoms with E-state index in [0.29, 0.717) is 18.0 Å². The molecule has 0 aliphatic carbocycles. The molecule has 1 aromatic carbocycles. The van der Waals surface area contributed by atoms with Crippen molar-refractivity contribution in [1.82, 2.24) is 9.88 Å². The third kappa shape index (κ3) is 5.39. The predicted octanol–water partition coefficient (Wildman–Crippen LogP) is 4.20. The van der Waals surface area contributed by atoms with E-state index >= 15 is 0 Å². The largest absolute Gasteiger partial charge is 0.469 e. The molecular formula is C21H28N2O3S. The summed E-state index contributed by atoms with van der Waals surface area (Å²) in [5, 5.41) is 0.934. The van der Waals surface area contributed by atoms with E-state index in [4.69, 9.17) is 4.74 Å². The summed E-state index contributed by atoms with van der Waals surface area (Å²) in [5.41, 5.74) is 1.64. The summed E-state index contributed by atoms with van der Waals surface area (Å²) in [4.78, 5) is 32.1. The van der Waals surface area contributed by atoms with Crippen molar-refractivity contribution in [2.45, 2.75) is 46.6 Å². The minimum absolute atomic E-state index is 0.0971. The molecule has 0 radical (unpaired) electrons. The number of carbonyl (C=O) groups is 2. The molecule has 0 aliphatic rings. The Morgan fingerprint density at radius 1 is 1.22 bits per heavy atom. The van der Waals surface area contributed by atoms with E-state index in [1.807, 2.05) is 37.3 Å². The van der Waals surface area contributed by atoms with Crippen LogP contribution < -0.4 is 0 Å². The Hall–Kier alpha value is -2.21. The van der Waals surface area contributed by atoms with Crippen LogP contribution in [-0.2, 0) is 21.5 Å². The first kappa shape index (κ1) is 21.1. The molecule has 1 aromatic heterocycles. The van der Waals surface area contributed by atoms with Gasteiger partial charge in [-0.1, -0.05) is 58.0 Å². The highest BCUT2D eigenvalue weighted by Gasteiger charge is 2.28. The number of carbonyl (C=O) groups excluding carboxylic acids is 2. The smallest absolute Gasteiger partial charge is 0.310 e. The molecule has 0 fully saturated rings. The Labute approximate surface area is 165 Å². The first-order valence-electron chi connectivity index (χ1n) is 9.02. The minimum Gasteiger partial charge on any atom is -0.469 e. The molecule has 5 nitrogen and oxygen atoms in total. The summed E-state index contributed by atoms with van der Waals surface area (Å²) in [6, 6.07) is 9.77. The molecule has 2 aromatic rings. The van der Waals surface area contributed by atoms with Gasteiger partial charge in [0.1, 0.15) is 4.88 Å². The minimum atomic E-state index is -0.405. The fourth-order valence-electron chi connectivity index (χ4n) is 2.69. The average molecular weight is 389 g/mol. The molecule has 0 saturated heterocycles. The van der Waals surface area contributed by atoms with Gasteiger partial charge in [-0.15, -0.1) is 11.3 Å². The number of aryl methyl sites for hydroxylation is 1. The third-order valence-electron chi connectivity index (χ3n) is 4.23. The molecule has 146 valence electrons. The van der Waals surface area contributed by atoms with Crippen molar-refractivity contribution in [3.63, 3.8) is 0 Å². The van der Waals surface area contributed by atoms with Gasteiger partial charge >= 0.3 is 5.97 Å². The SMILES string of the molecule is COC(=O)C(C)CN(Cc1ccccc1)C(=O)c1sc(C(C)(C)C)nc1C.